The SMILES string of the molecule is O.O=C(O)C1Cc2cc(S(=O)(=O)c3cccs3)c(Cl)c(Cl)c2O1.O=C(O)C1Cc2cc(S(=O)(=O)c3cccs3)c(Cl)c(Cl)c2O1. The van der Waals surface area contributed by atoms with E-state index in [1.807, 2.05) is 0 Å². The molecule has 2 atom stereocenters. The van der Waals surface area contributed by atoms with Crippen molar-refractivity contribution < 1.29 is 51.6 Å². The molecule has 240 valence electrons. The largest absolute Gasteiger partial charge is 0.478 e. The van der Waals surface area contributed by atoms with Crippen molar-refractivity contribution in [2.75, 3.05) is 0 Å². The van der Waals surface area contributed by atoms with Gasteiger partial charge in [0.2, 0.25) is 19.7 Å². The monoisotopic (exact) mass is 774 g/mol. The maximum Gasteiger partial charge on any atom is 0.345 e. The van der Waals surface area contributed by atoms with Crippen molar-refractivity contribution in [2.45, 2.75) is 43.3 Å². The molecule has 0 bridgehead atoms. The topological polar surface area (TPSA) is 193 Å². The first-order chi connectivity index (χ1) is 20.6. The molecule has 45 heavy (non-hydrogen) atoms. The molecule has 0 spiro atoms. The second kappa shape index (κ2) is 13.3. The Hall–Kier alpha value is -2.60. The van der Waals surface area contributed by atoms with Crippen LogP contribution >= 0.6 is 69.1 Å². The van der Waals surface area contributed by atoms with Gasteiger partial charge in [-0.3, -0.25) is 0 Å². The molecule has 2 unspecified atom stereocenters. The minimum absolute atomic E-state index is 0. The van der Waals surface area contributed by atoms with Gasteiger partial charge in [0.05, 0.1) is 19.8 Å². The Morgan fingerprint density at radius 1 is 0.689 bits per heavy atom. The maximum atomic E-state index is 12.6. The number of carbonyl (C=O) groups is 2. The first-order valence-electron chi connectivity index (χ1n) is 12.0. The predicted octanol–water partition coefficient (Wildman–Crippen LogP) is 5.73. The van der Waals surface area contributed by atoms with E-state index in [2.05, 4.69) is 0 Å². The van der Waals surface area contributed by atoms with E-state index < -0.39 is 43.8 Å². The van der Waals surface area contributed by atoms with Gasteiger partial charge in [0.15, 0.2) is 12.2 Å². The molecule has 2 aromatic heterocycles. The highest BCUT2D eigenvalue weighted by Gasteiger charge is 2.36. The molecule has 0 aliphatic carbocycles. The molecule has 4 heterocycles. The quantitative estimate of drug-likeness (QED) is 0.245. The summed E-state index contributed by atoms with van der Waals surface area (Å²) in [6, 6.07) is 8.83. The van der Waals surface area contributed by atoms with Crippen LogP contribution in [0.4, 0.5) is 0 Å². The van der Waals surface area contributed by atoms with Gasteiger partial charge in [-0.15, -0.1) is 22.7 Å². The Morgan fingerprint density at radius 3 is 1.33 bits per heavy atom. The van der Waals surface area contributed by atoms with E-state index in [-0.39, 0.29) is 68.1 Å². The minimum atomic E-state index is -3.81. The van der Waals surface area contributed by atoms with Crippen molar-refractivity contribution in [3.63, 3.8) is 0 Å². The van der Waals surface area contributed by atoms with Gasteiger partial charge in [0.25, 0.3) is 0 Å². The number of hydrogen-bond acceptors (Lipinski definition) is 10. The lowest BCUT2D eigenvalue weighted by Crippen LogP contribution is -2.24. The van der Waals surface area contributed by atoms with Crippen molar-refractivity contribution in [1.29, 1.82) is 0 Å². The van der Waals surface area contributed by atoms with Crippen LogP contribution in [0, 0.1) is 0 Å². The number of fused-ring (bicyclic) bond motifs is 2. The number of benzene rings is 2. The highest BCUT2D eigenvalue weighted by atomic mass is 35.5. The fourth-order valence-electron chi connectivity index (χ4n) is 4.31. The predicted molar refractivity (Wildman–Crippen MR) is 168 cm³/mol. The fraction of sp³-hybridized carbons (Fsp3) is 0.154. The normalized spacial score (nSPS) is 16.7. The van der Waals surface area contributed by atoms with Gasteiger partial charge < -0.3 is 25.2 Å². The molecule has 6 rings (SSSR count). The van der Waals surface area contributed by atoms with E-state index in [9.17, 15) is 26.4 Å². The van der Waals surface area contributed by atoms with Crippen LogP contribution in [0.5, 0.6) is 11.5 Å². The van der Waals surface area contributed by atoms with E-state index in [1.54, 1.807) is 22.9 Å². The van der Waals surface area contributed by atoms with Crippen molar-refractivity contribution in [1.82, 2.24) is 0 Å². The Labute approximate surface area is 283 Å². The van der Waals surface area contributed by atoms with Gasteiger partial charge in [0, 0.05) is 24.0 Å². The second-order valence-electron chi connectivity index (χ2n) is 9.15. The van der Waals surface area contributed by atoms with Crippen molar-refractivity contribution in [3.8, 4) is 11.5 Å². The first-order valence-corrected chi connectivity index (χ1v) is 18.3. The third-order valence-electron chi connectivity index (χ3n) is 6.39. The van der Waals surface area contributed by atoms with Crippen molar-refractivity contribution >= 4 is 101 Å². The van der Waals surface area contributed by atoms with E-state index in [4.69, 9.17) is 66.1 Å². The van der Waals surface area contributed by atoms with Crippen LogP contribution in [0.15, 0.2) is 65.4 Å². The van der Waals surface area contributed by atoms with Gasteiger partial charge in [-0.1, -0.05) is 58.5 Å². The van der Waals surface area contributed by atoms with Crippen LogP contribution < -0.4 is 9.47 Å². The van der Waals surface area contributed by atoms with Crippen LogP contribution in [-0.2, 0) is 42.1 Å². The van der Waals surface area contributed by atoms with E-state index in [0.717, 1.165) is 22.7 Å². The average molecular weight is 776 g/mol. The van der Waals surface area contributed by atoms with Crippen LogP contribution in [0.2, 0.25) is 20.1 Å². The van der Waals surface area contributed by atoms with Crippen LogP contribution in [0.1, 0.15) is 11.1 Å². The maximum absolute atomic E-state index is 12.6. The summed E-state index contributed by atoms with van der Waals surface area (Å²) in [5.41, 5.74) is 0.828. The summed E-state index contributed by atoms with van der Waals surface area (Å²) in [6.07, 6.45) is -2.12. The molecular formula is C26H18Cl4O11S4. The summed E-state index contributed by atoms with van der Waals surface area (Å²) in [6.45, 7) is 0. The number of aliphatic carboxylic acids is 2. The smallest absolute Gasteiger partial charge is 0.345 e. The molecule has 0 amide bonds. The molecule has 2 aliphatic heterocycles. The minimum Gasteiger partial charge on any atom is -0.478 e. The molecule has 0 radical (unpaired) electrons. The molecule has 2 aliphatic rings. The van der Waals surface area contributed by atoms with Gasteiger partial charge in [-0.2, -0.15) is 0 Å². The first kappa shape index (κ1) is 35.3. The molecule has 0 fully saturated rings. The Balaban J connectivity index is 0.000000200. The zero-order valence-corrected chi connectivity index (χ0v) is 28.3. The summed E-state index contributed by atoms with van der Waals surface area (Å²) < 4.78 is 61.1. The van der Waals surface area contributed by atoms with Gasteiger partial charge in [-0.05, 0) is 35.0 Å². The number of carboxylic acid groups (broad SMARTS) is 2. The highest BCUT2D eigenvalue weighted by molar-refractivity contribution is 7.94. The standard InChI is InChI=1S/2C13H8Cl2O5S2.H2O/c2*14-10-8(22(18,19)9-2-1-3-21-9)5-6-4-7(13(16)17)20-12(6)11(10)15;/h2*1-3,5,7H,4H2,(H,16,17);1H2. The summed E-state index contributed by atoms with van der Waals surface area (Å²) in [5.74, 6) is -2.04. The molecule has 4 aromatic rings. The highest BCUT2D eigenvalue weighted by Crippen LogP contribution is 2.46. The van der Waals surface area contributed by atoms with Crippen LogP contribution in [0.25, 0.3) is 0 Å². The zero-order chi connectivity index (χ0) is 32.1. The number of sulfone groups is 2. The van der Waals surface area contributed by atoms with Crippen LogP contribution in [0.3, 0.4) is 0 Å². The Kier molecular flexibility index (Phi) is 10.4. The zero-order valence-electron chi connectivity index (χ0n) is 22.0. The van der Waals surface area contributed by atoms with Gasteiger partial charge in [0.1, 0.15) is 30.0 Å². The molecular weight excluding hydrogens is 758 g/mol. The van der Waals surface area contributed by atoms with E-state index in [0.29, 0.717) is 11.1 Å². The summed E-state index contributed by atoms with van der Waals surface area (Å²) in [4.78, 5) is 21.7. The Morgan fingerprint density at radius 2 is 1.04 bits per heavy atom. The Bertz CT molecular complexity index is 1870. The summed E-state index contributed by atoms with van der Waals surface area (Å²) in [7, 11) is -7.62. The summed E-state index contributed by atoms with van der Waals surface area (Å²) in [5, 5.41) is 20.8. The van der Waals surface area contributed by atoms with Crippen molar-refractivity contribution in [3.05, 3.63) is 78.4 Å². The number of hydrogen-bond donors (Lipinski definition) is 2. The van der Waals surface area contributed by atoms with Gasteiger partial charge in [-0.25, -0.2) is 26.4 Å². The third kappa shape index (κ3) is 6.50. The third-order valence-corrected chi connectivity index (χ3v) is 14.7. The van der Waals surface area contributed by atoms with E-state index >= 15 is 0 Å². The molecule has 4 N–H and O–H groups in total. The number of ether oxygens (including phenoxy) is 2. The lowest BCUT2D eigenvalue weighted by Gasteiger charge is -2.10. The molecule has 0 saturated carbocycles. The molecule has 19 heteroatoms. The molecule has 0 saturated heterocycles. The number of carboxylic acids is 2. The van der Waals surface area contributed by atoms with Gasteiger partial charge >= 0.3 is 11.9 Å². The summed E-state index contributed by atoms with van der Waals surface area (Å²) >= 11 is 26.4. The second-order valence-corrected chi connectivity index (χ2v) is 16.8. The van der Waals surface area contributed by atoms with Crippen LogP contribution in [-0.4, -0.2) is 56.7 Å². The lowest BCUT2D eigenvalue weighted by molar-refractivity contribution is -0.145. The fourth-order valence-corrected chi connectivity index (χ4v) is 10.9. The van der Waals surface area contributed by atoms with Crippen molar-refractivity contribution in [2.24, 2.45) is 0 Å². The molecule has 11 nitrogen and oxygen atoms in total. The number of thiophene rings is 2. The lowest BCUT2D eigenvalue weighted by atomic mass is 10.1. The molecule has 2 aromatic carbocycles. The number of rotatable bonds is 6. The van der Waals surface area contributed by atoms with E-state index in [1.165, 1.54) is 24.3 Å². The average Bonchev–Trinajstić information content (AvgIpc) is 3.79. The number of halogens is 4.